The van der Waals surface area contributed by atoms with E-state index in [1.54, 1.807) is 11.1 Å². The topological polar surface area (TPSA) is 15.3 Å². The molecular formula is C12H18N2. The van der Waals surface area contributed by atoms with Gasteiger partial charge < -0.3 is 5.32 Å². The smallest absolute Gasteiger partial charge is 0.0527 e. The van der Waals surface area contributed by atoms with Crippen molar-refractivity contribution in [2.45, 2.75) is 50.9 Å². The van der Waals surface area contributed by atoms with E-state index in [0.29, 0.717) is 0 Å². The second kappa shape index (κ2) is 2.25. The van der Waals surface area contributed by atoms with Gasteiger partial charge in [0, 0.05) is 6.54 Å². The summed E-state index contributed by atoms with van der Waals surface area (Å²) in [7, 11) is 0. The quantitative estimate of drug-likeness (QED) is 0.669. The number of piperazine rings is 1. The fourth-order valence-corrected chi connectivity index (χ4v) is 3.74. The molecule has 2 aliphatic carbocycles. The molecule has 0 radical (unpaired) electrons. The van der Waals surface area contributed by atoms with E-state index in [4.69, 9.17) is 0 Å². The van der Waals surface area contributed by atoms with E-state index < -0.39 is 0 Å². The van der Waals surface area contributed by atoms with Crippen LogP contribution in [0.4, 0.5) is 0 Å². The van der Waals surface area contributed by atoms with Crippen molar-refractivity contribution < 1.29 is 0 Å². The summed E-state index contributed by atoms with van der Waals surface area (Å²) in [6, 6.07) is 3.30. The fourth-order valence-electron chi connectivity index (χ4n) is 3.74. The summed E-state index contributed by atoms with van der Waals surface area (Å²) in [6.45, 7) is 6.01. The highest BCUT2D eigenvalue weighted by atomic mass is 15.4. The lowest BCUT2D eigenvalue weighted by Gasteiger charge is -2.28. The normalized spacial score (nSPS) is 46.5. The number of nitrogens with zero attached hydrogens (tertiary/aromatic N) is 1. The minimum Gasteiger partial charge on any atom is -0.300 e. The van der Waals surface area contributed by atoms with E-state index in [1.807, 2.05) is 0 Å². The Morgan fingerprint density at radius 3 is 2.14 bits per heavy atom. The predicted octanol–water partition coefficient (Wildman–Crippen LogP) is 1.14. The summed E-state index contributed by atoms with van der Waals surface area (Å²) in [5.41, 5.74) is 3.59. The van der Waals surface area contributed by atoms with Gasteiger partial charge in [-0.05, 0) is 17.1 Å². The van der Waals surface area contributed by atoms with Gasteiger partial charge in [-0.1, -0.05) is 26.7 Å². The highest BCUT2D eigenvalue weighted by Gasteiger charge is 2.75. The van der Waals surface area contributed by atoms with E-state index in [1.165, 1.54) is 19.4 Å². The van der Waals surface area contributed by atoms with Gasteiger partial charge in [-0.3, -0.25) is 4.90 Å². The van der Waals surface area contributed by atoms with Gasteiger partial charge >= 0.3 is 0 Å². The third kappa shape index (κ3) is 0.695. The van der Waals surface area contributed by atoms with Gasteiger partial charge in [0.25, 0.3) is 0 Å². The first-order chi connectivity index (χ1) is 6.86. The van der Waals surface area contributed by atoms with E-state index >= 15 is 0 Å². The Morgan fingerprint density at radius 1 is 1.14 bits per heavy atom. The molecule has 2 fully saturated rings. The van der Waals surface area contributed by atoms with Crippen LogP contribution in [-0.4, -0.2) is 35.6 Å². The summed E-state index contributed by atoms with van der Waals surface area (Å²) in [6.07, 6.45) is 2.69. The number of hydrogen-bond donors (Lipinski definition) is 1. The Kier molecular flexibility index (Phi) is 1.27. The molecule has 4 rings (SSSR count). The molecule has 0 aromatic rings. The molecular weight excluding hydrogens is 172 g/mol. The number of fused-ring (bicyclic) bond motifs is 2. The third-order valence-corrected chi connectivity index (χ3v) is 4.75. The summed E-state index contributed by atoms with van der Waals surface area (Å²) < 4.78 is 0. The molecule has 0 amide bonds. The van der Waals surface area contributed by atoms with Crippen LogP contribution in [0.25, 0.3) is 0 Å². The van der Waals surface area contributed by atoms with Crippen LogP contribution in [0.5, 0.6) is 0 Å². The molecule has 4 unspecified atom stereocenters. The molecule has 2 heteroatoms. The zero-order chi connectivity index (χ0) is 9.45. The molecule has 2 heterocycles. The average Bonchev–Trinajstić information content (AvgIpc) is 3.04. The Bertz CT molecular complexity index is 305. The maximum atomic E-state index is 3.69. The first-order valence-electron chi connectivity index (χ1n) is 6.12. The van der Waals surface area contributed by atoms with E-state index in [0.717, 1.165) is 30.1 Å². The van der Waals surface area contributed by atoms with Crippen LogP contribution in [-0.2, 0) is 0 Å². The lowest BCUT2D eigenvalue weighted by Crippen LogP contribution is -2.45. The van der Waals surface area contributed by atoms with E-state index in [-0.39, 0.29) is 0 Å². The average molecular weight is 190 g/mol. The summed E-state index contributed by atoms with van der Waals surface area (Å²) in [4.78, 5) is 2.79. The van der Waals surface area contributed by atoms with Gasteiger partial charge in [0.15, 0.2) is 0 Å². The van der Waals surface area contributed by atoms with Crippen LogP contribution in [0.3, 0.4) is 0 Å². The van der Waals surface area contributed by atoms with Gasteiger partial charge in [-0.25, -0.2) is 0 Å². The molecule has 0 aromatic carbocycles. The number of hydrogen-bond acceptors (Lipinski definition) is 2. The van der Waals surface area contributed by atoms with Crippen LogP contribution < -0.4 is 5.32 Å². The molecule has 76 valence electrons. The van der Waals surface area contributed by atoms with Crippen molar-refractivity contribution in [1.29, 1.82) is 0 Å². The molecule has 0 aromatic heterocycles. The largest absolute Gasteiger partial charge is 0.300 e. The molecule has 14 heavy (non-hydrogen) atoms. The monoisotopic (exact) mass is 190 g/mol. The molecule has 0 saturated heterocycles. The van der Waals surface area contributed by atoms with Crippen molar-refractivity contribution in [1.82, 2.24) is 10.2 Å². The maximum absolute atomic E-state index is 3.69. The van der Waals surface area contributed by atoms with Crippen molar-refractivity contribution in [2.24, 2.45) is 5.92 Å². The molecule has 4 atom stereocenters. The van der Waals surface area contributed by atoms with Crippen LogP contribution in [0.15, 0.2) is 11.1 Å². The molecule has 1 N–H and O–H groups in total. The molecule has 2 saturated carbocycles. The lowest BCUT2D eigenvalue weighted by atomic mass is 10.0. The minimum atomic E-state index is 0.800. The molecule has 2 aliphatic heterocycles. The highest BCUT2D eigenvalue weighted by Crippen LogP contribution is 2.63. The fraction of sp³-hybridized carbons (Fsp3) is 0.833. The molecule has 0 spiro atoms. The van der Waals surface area contributed by atoms with Crippen molar-refractivity contribution in [2.75, 3.05) is 6.54 Å². The molecule has 2 nitrogen and oxygen atoms in total. The van der Waals surface area contributed by atoms with Crippen molar-refractivity contribution in [3.8, 4) is 0 Å². The first kappa shape index (κ1) is 7.89. The first-order valence-corrected chi connectivity index (χ1v) is 6.12. The third-order valence-electron chi connectivity index (χ3n) is 4.75. The Hall–Kier alpha value is -0.340. The van der Waals surface area contributed by atoms with Gasteiger partial charge in [-0.2, -0.15) is 0 Å². The second-order valence-corrected chi connectivity index (χ2v) is 5.30. The maximum Gasteiger partial charge on any atom is 0.0527 e. The Labute approximate surface area is 85.4 Å². The van der Waals surface area contributed by atoms with Crippen LogP contribution in [0, 0.1) is 5.92 Å². The van der Waals surface area contributed by atoms with Crippen molar-refractivity contribution in [3.05, 3.63) is 11.1 Å². The zero-order valence-electron chi connectivity index (χ0n) is 8.96. The van der Waals surface area contributed by atoms with Gasteiger partial charge in [0.05, 0.1) is 24.2 Å². The predicted molar refractivity (Wildman–Crippen MR) is 56.1 cm³/mol. The molecule has 0 bridgehead atoms. The van der Waals surface area contributed by atoms with Gasteiger partial charge in [-0.15, -0.1) is 0 Å². The Balaban J connectivity index is 1.51. The van der Waals surface area contributed by atoms with Crippen LogP contribution in [0.2, 0.25) is 0 Å². The van der Waals surface area contributed by atoms with Gasteiger partial charge in [0.2, 0.25) is 0 Å². The zero-order valence-corrected chi connectivity index (χ0v) is 8.96. The SMILES string of the molecule is CCC(CC)CN1C2C3=C4C(NC32)C41. The van der Waals surface area contributed by atoms with Crippen molar-refractivity contribution >= 4 is 0 Å². The summed E-state index contributed by atoms with van der Waals surface area (Å²) in [5.74, 6) is 0.927. The van der Waals surface area contributed by atoms with Gasteiger partial charge in [0.1, 0.15) is 0 Å². The minimum absolute atomic E-state index is 0.800. The lowest BCUT2D eigenvalue weighted by molar-refractivity contribution is 0.186. The number of rotatable bonds is 4. The van der Waals surface area contributed by atoms with Crippen LogP contribution in [0.1, 0.15) is 26.7 Å². The van der Waals surface area contributed by atoms with Crippen molar-refractivity contribution in [3.63, 3.8) is 0 Å². The second-order valence-electron chi connectivity index (χ2n) is 5.30. The Morgan fingerprint density at radius 2 is 1.71 bits per heavy atom. The summed E-state index contributed by atoms with van der Waals surface area (Å²) in [5, 5.41) is 3.69. The standard InChI is InChI=1S/C12H18N2/c1-3-6(4-2)5-14-11-7-8-10(12(8)14)13-9(7)11/h6,9-13H,3-5H2,1-2H3. The molecule has 4 aliphatic rings. The highest BCUT2D eigenvalue weighted by molar-refractivity contribution is 5.68. The summed E-state index contributed by atoms with van der Waals surface area (Å²) >= 11 is 0. The van der Waals surface area contributed by atoms with Crippen LogP contribution >= 0.6 is 0 Å². The van der Waals surface area contributed by atoms with E-state index in [2.05, 4.69) is 24.1 Å². The van der Waals surface area contributed by atoms with E-state index in [9.17, 15) is 0 Å². The number of nitrogens with one attached hydrogen (secondary N) is 1.